The SMILES string of the molecule is Cn1c(COc2ccccc2Cl)nnc1SCC(=O)NC(=O)c1ccccc1. The van der Waals surface area contributed by atoms with Crippen LogP contribution in [0.4, 0.5) is 0 Å². The number of amides is 2. The number of aromatic nitrogens is 3. The van der Waals surface area contributed by atoms with E-state index in [0.717, 1.165) is 0 Å². The number of hydrogen-bond donors (Lipinski definition) is 1. The molecule has 28 heavy (non-hydrogen) atoms. The van der Waals surface area contributed by atoms with Crippen molar-refractivity contribution in [2.45, 2.75) is 11.8 Å². The van der Waals surface area contributed by atoms with E-state index in [4.69, 9.17) is 16.3 Å². The third kappa shape index (κ3) is 5.11. The number of halogens is 1. The zero-order valence-electron chi connectivity index (χ0n) is 15.0. The Kier molecular flexibility index (Phi) is 6.67. The van der Waals surface area contributed by atoms with E-state index in [0.29, 0.717) is 27.3 Å². The van der Waals surface area contributed by atoms with Gasteiger partial charge in [-0.15, -0.1) is 10.2 Å². The monoisotopic (exact) mass is 416 g/mol. The number of carbonyl (C=O) groups excluding carboxylic acids is 2. The minimum absolute atomic E-state index is 0.0376. The van der Waals surface area contributed by atoms with Crippen LogP contribution in [0.15, 0.2) is 59.8 Å². The van der Waals surface area contributed by atoms with Gasteiger partial charge in [0.25, 0.3) is 5.91 Å². The van der Waals surface area contributed by atoms with Gasteiger partial charge in [-0.2, -0.15) is 0 Å². The number of nitrogens with zero attached hydrogens (tertiary/aromatic N) is 3. The molecule has 1 heterocycles. The summed E-state index contributed by atoms with van der Waals surface area (Å²) in [5.74, 6) is 0.340. The molecule has 0 saturated carbocycles. The summed E-state index contributed by atoms with van der Waals surface area (Å²) in [6.45, 7) is 0.187. The van der Waals surface area contributed by atoms with Crippen molar-refractivity contribution in [2.75, 3.05) is 5.75 Å². The van der Waals surface area contributed by atoms with Gasteiger partial charge in [0.2, 0.25) is 5.91 Å². The van der Waals surface area contributed by atoms with E-state index in [1.807, 2.05) is 12.1 Å². The molecular formula is C19H17ClN4O3S. The first-order valence-electron chi connectivity index (χ1n) is 8.32. The van der Waals surface area contributed by atoms with Gasteiger partial charge in [0.05, 0.1) is 10.8 Å². The van der Waals surface area contributed by atoms with E-state index in [1.54, 1.807) is 54.1 Å². The lowest BCUT2D eigenvalue weighted by Crippen LogP contribution is -2.31. The smallest absolute Gasteiger partial charge is 0.257 e. The molecule has 0 spiro atoms. The minimum Gasteiger partial charge on any atom is -0.484 e. The Morgan fingerprint density at radius 3 is 2.57 bits per heavy atom. The maximum Gasteiger partial charge on any atom is 0.257 e. The fourth-order valence-electron chi connectivity index (χ4n) is 2.26. The van der Waals surface area contributed by atoms with E-state index in [9.17, 15) is 9.59 Å². The Balaban J connectivity index is 1.52. The van der Waals surface area contributed by atoms with Crippen LogP contribution in [0.2, 0.25) is 5.02 Å². The van der Waals surface area contributed by atoms with Crippen molar-refractivity contribution >= 4 is 35.2 Å². The standard InChI is InChI=1S/C19H17ClN4O3S/c1-24-16(11-27-15-10-6-5-9-14(15)20)22-23-19(24)28-12-17(25)21-18(26)13-7-3-2-4-8-13/h2-10H,11-12H2,1H3,(H,21,25,26). The highest BCUT2D eigenvalue weighted by atomic mass is 35.5. The van der Waals surface area contributed by atoms with Crippen molar-refractivity contribution < 1.29 is 14.3 Å². The van der Waals surface area contributed by atoms with Gasteiger partial charge >= 0.3 is 0 Å². The molecule has 1 N–H and O–H groups in total. The molecule has 0 atom stereocenters. The van der Waals surface area contributed by atoms with Crippen LogP contribution in [0.5, 0.6) is 5.75 Å². The molecule has 3 rings (SSSR count). The van der Waals surface area contributed by atoms with Gasteiger partial charge in [-0.3, -0.25) is 14.9 Å². The predicted molar refractivity (Wildman–Crippen MR) is 106 cm³/mol. The van der Waals surface area contributed by atoms with Crippen LogP contribution in [-0.2, 0) is 18.4 Å². The van der Waals surface area contributed by atoms with Crippen molar-refractivity contribution in [3.05, 3.63) is 71.0 Å². The number of carbonyl (C=O) groups is 2. The van der Waals surface area contributed by atoms with Crippen LogP contribution >= 0.6 is 23.4 Å². The van der Waals surface area contributed by atoms with E-state index in [1.165, 1.54) is 11.8 Å². The molecule has 7 nitrogen and oxygen atoms in total. The summed E-state index contributed by atoms with van der Waals surface area (Å²) >= 11 is 7.24. The summed E-state index contributed by atoms with van der Waals surface area (Å²) in [4.78, 5) is 24.0. The highest BCUT2D eigenvalue weighted by Gasteiger charge is 2.14. The maximum absolute atomic E-state index is 12.0. The molecule has 144 valence electrons. The number of ether oxygens (including phenoxy) is 1. The van der Waals surface area contributed by atoms with E-state index in [2.05, 4.69) is 15.5 Å². The molecule has 3 aromatic rings. The normalized spacial score (nSPS) is 10.5. The van der Waals surface area contributed by atoms with Gasteiger partial charge in [-0.1, -0.05) is 53.7 Å². The lowest BCUT2D eigenvalue weighted by Gasteiger charge is -2.08. The molecule has 2 aromatic carbocycles. The summed E-state index contributed by atoms with van der Waals surface area (Å²) in [5.41, 5.74) is 0.429. The zero-order valence-corrected chi connectivity index (χ0v) is 16.5. The quantitative estimate of drug-likeness (QED) is 0.595. The number of para-hydroxylation sites is 1. The second-order valence-electron chi connectivity index (χ2n) is 5.71. The second kappa shape index (κ2) is 9.38. The third-order valence-electron chi connectivity index (χ3n) is 3.74. The summed E-state index contributed by atoms with van der Waals surface area (Å²) in [5, 5.41) is 11.5. The minimum atomic E-state index is -0.432. The van der Waals surface area contributed by atoms with Crippen LogP contribution in [0.25, 0.3) is 0 Å². The summed E-state index contributed by atoms with van der Waals surface area (Å²) in [7, 11) is 1.78. The van der Waals surface area contributed by atoms with Crippen molar-refractivity contribution in [1.29, 1.82) is 0 Å². The first-order valence-corrected chi connectivity index (χ1v) is 9.68. The molecule has 9 heteroatoms. The molecule has 0 fully saturated rings. The topological polar surface area (TPSA) is 86.1 Å². The number of nitrogens with one attached hydrogen (secondary N) is 1. The Morgan fingerprint density at radius 2 is 1.82 bits per heavy atom. The Hall–Kier alpha value is -2.84. The average molecular weight is 417 g/mol. The number of rotatable bonds is 7. The second-order valence-corrected chi connectivity index (χ2v) is 7.06. The molecule has 0 bridgehead atoms. The Labute approximate surface area is 171 Å². The summed E-state index contributed by atoms with van der Waals surface area (Å²) in [6.07, 6.45) is 0. The first kappa shape index (κ1) is 19.9. The molecule has 0 unspecified atom stereocenters. The molecule has 0 saturated heterocycles. The van der Waals surface area contributed by atoms with Crippen LogP contribution in [0.3, 0.4) is 0 Å². The summed E-state index contributed by atoms with van der Waals surface area (Å²) in [6, 6.07) is 15.7. The molecule has 2 amide bonds. The number of benzene rings is 2. The summed E-state index contributed by atoms with van der Waals surface area (Å²) < 4.78 is 7.39. The molecule has 0 aliphatic rings. The van der Waals surface area contributed by atoms with Gasteiger partial charge in [0.15, 0.2) is 11.0 Å². The highest BCUT2D eigenvalue weighted by molar-refractivity contribution is 7.99. The molecule has 1 aromatic heterocycles. The highest BCUT2D eigenvalue weighted by Crippen LogP contribution is 2.24. The third-order valence-corrected chi connectivity index (χ3v) is 5.07. The molecule has 0 aliphatic heterocycles. The van der Waals surface area contributed by atoms with E-state index in [-0.39, 0.29) is 12.4 Å². The van der Waals surface area contributed by atoms with Crippen molar-refractivity contribution in [3.63, 3.8) is 0 Å². The fourth-order valence-corrected chi connectivity index (χ4v) is 3.18. The van der Waals surface area contributed by atoms with Gasteiger partial charge in [-0.05, 0) is 24.3 Å². The van der Waals surface area contributed by atoms with Crippen LogP contribution < -0.4 is 10.1 Å². The van der Waals surface area contributed by atoms with Gasteiger partial charge in [0, 0.05) is 12.6 Å². The van der Waals surface area contributed by atoms with Gasteiger partial charge in [0.1, 0.15) is 12.4 Å². The first-order chi connectivity index (χ1) is 13.5. The van der Waals surface area contributed by atoms with Crippen LogP contribution in [-0.4, -0.2) is 32.3 Å². The number of imide groups is 1. The van der Waals surface area contributed by atoms with Gasteiger partial charge < -0.3 is 9.30 Å². The van der Waals surface area contributed by atoms with Crippen LogP contribution in [0.1, 0.15) is 16.2 Å². The Bertz CT molecular complexity index is 978. The van der Waals surface area contributed by atoms with Crippen molar-refractivity contribution in [3.8, 4) is 5.75 Å². The van der Waals surface area contributed by atoms with E-state index < -0.39 is 11.8 Å². The average Bonchev–Trinajstić information content (AvgIpc) is 3.06. The zero-order chi connectivity index (χ0) is 19.9. The number of hydrogen-bond acceptors (Lipinski definition) is 6. The predicted octanol–water partition coefficient (Wildman–Crippen LogP) is 3.10. The maximum atomic E-state index is 12.0. The Morgan fingerprint density at radius 1 is 1.11 bits per heavy atom. The van der Waals surface area contributed by atoms with E-state index >= 15 is 0 Å². The number of thioether (sulfide) groups is 1. The largest absolute Gasteiger partial charge is 0.484 e. The van der Waals surface area contributed by atoms with Crippen LogP contribution in [0, 0.1) is 0 Å². The van der Waals surface area contributed by atoms with Crippen molar-refractivity contribution in [1.82, 2.24) is 20.1 Å². The molecule has 0 aliphatic carbocycles. The lowest BCUT2D eigenvalue weighted by molar-refractivity contribution is -0.117. The molecule has 0 radical (unpaired) electrons. The lowest BCUT2D eigenvalue weighted by atomic mass is 10.2. The van der Waals surface area contributed by atoms with Crippen molar-refractivity contribution in [2.24, 2.45) is 7.05 Å². The molecular weight excluding hydrogens is 400 g/mol. The van der Waals surface area contributed by atoms with Gasteiger partial charge in [-0.25, -0.2) is 0 Å². The fraction of sp³-hybridized carbons (Fsp3) is 0.158.